The largest absolute Gasteiger partial charge is 0.508 e. The van der Waals surface area contributed by atoms with E-state index in [-0.39, 0.29) is 18.3 Å². The Balaban J connectivity index is 1.66. The minimum atomic E-state index is -0.253. The maximum Gasteiger partial charge on any atom is 0.262 e. The standard InChI is InChI=1S/C23H24N2O4/c1-16-6-8-19(9-7-16)25-22(27)15-29-23-17(4-3-5-21(23)28-2)14-24-18-10-12-20(26)13-11-18/h3-13,24,26H,14-15H2,1-2H3,(H,25,27). The van der Waals surface area contributed by atoms with Gasteiger partial charge >= 0.3 is 0 Å². The van der Waals surface area contributed by atoms with Crippen LogP contribution in [-0.2, 0) is 11.3 Å². The van der Waals surface area contributed by atoms with Gasteiger partial charge in [0, 0.05) is 23.5 Å². The van der Waals surface area contributed by atoms with Gasteiger partial charge in [0.05, 0.1) is 7.11 Å². The maximum atomic E-state index is 12.3. The molecule has 0 unspecified atom stereocenters. The molecule has 0 aliphatic heterocycles. The zero-order valence-corrected chi connectivity index (χ0v) is 16.4. The van der Waals surface area contributed by atoms with Gasteiger partial charge in [-0.1, -0.05) is 29.8 Å². The Labute approximate surface area is 170 Å². The number of ether oxygens (including phenoxy) is 2. The molecule has 6 nitrogen and oxygen atoms in total. The zero-order chi connectivity index (χ0) is 20.6. The van der Waals surface area contributed by atoms with Crippen molar-refractivity contribution in [1.82, 2.24) is 0 Å². The van der Waals surface area contributed by atoms with Crippen LogP contribution in [0.5, 0.6) is 17.2 Å². The van der Waals surface area contributed by atoms with Crippen LogP contribution in [0.3, 0.4) is 0 Å². The Morgan fingerprint density at radius 1 is 0.966 bits per heavy atom. The highest BCUT2D eigenvalue weighted by atomic mass is 16.5. The Morgan fingerprint density at radius 2 is 1.66 bits per heavy atom. The van der Waals surface area contributed by atoms with Crippen molar-refractivity contribution >= 4 is 17.3 Å². The van der Waals surface area contributed by atoms with E-state index in [0.717, 1.165) is 22.5 Å². The van der Waals surface area contributed by atoms with Crippen LogP contribution in [0.15, 0.2) is 66.7 Å². The van der Waals surface area contributed by atoms with Crippen molar-refractivity contribution in [2.45, 2.75) is 13.5 Å². The van der Waals surface area contributed by atoms with E-state index in [2.05, 4.69) is 10.6 Å². The molecule has 1 amide bonds. The molecule has 0 atom stereocenters. The van der Waals surface area contributed by atoms with E-state index in [9.17, 15) is 9.90 Å². The fourth-order valence-electron chi connectivity index (χ4n) is 2.77. The summed E-state index contributed by atoms with van der Waals surface area (Å²) >= 11 is 0. The number of carbonyl (C=O) groups is 1. The Hall–Kier alpha value is -3.67. The lowest BCUT2D eigenvalue weighted by atomic mass is 10.1. The summed E-state index contributed by atoms with van der Waals surface area (Å²) in [6.07, 6.45) is 0. The first-order valence-electron chi connectivity index (χ1n) is 9.23. The van der Waals surface area contributed by atoms with Crippen LogP contribution >= 0.6 is 0 Å². The van der Waals surface area contributed by atoms with Crippen molar-refractivity contribution < 1.29 is 19.4 Å². The van der Waals surface area contributed by atoms with Crippen LogP contribution in [0.1, 0.15) is 11.1 Å². The van der Waals surface area contributed by atoms with Crippen LogP contribution < -0.4 is 20.1 Å². The average molecular weight is 392 g/mol. The number of aryl methyl sites for hydroxylation is 1. The highest BCUT2D eigenvalue weighted by Crippen LogP contribution is 2.31. The van der Waals surface area contributed by atoms with Gasteiger partial charge < -0.3 is 25.2 Å². The number of benzene rings is 3. The third-order valence-electron chi connectivity index (χ3n) is 4.31. The van der Waals surface area contributed by atoms with Gasteiger partial charge in [-0.05, 0) is 49.4 Å². The molecule has 29 heavy (non-hydrogen) atoms. The van der Waals surface area contributed by atoms with Gasteiger partial charge in [-0.25, -0.2) is 0 Å². The number of nitrogens with one attached hydrogen (secondary N) is 2. The van der Waals surface area contributed by atoms with Gasteiger partial charge in [-0.3, -0.25) is 4.79 Å². The molecule has 0 saturated carbocycles. The fraction of sp³-hybridized carbons (Fsp3) is 0.174. The van der Waals surface area contributed by atoms with Crippen molar-refractivity contribution in [1.29, 1.82) is 0 Å². The molecule has 0 saturated heterocycles. The van der Waals surface area contributed by atoms with Gasteiger partial charge in [0.15, 0.2) is 18.1 Å². The van der Waals surface area contributed by atoms with E-state index in [1.807, 2.05) is 43.3 Å². The smallest absolute Gasteiger partial charge is 0.262 e. The summed E-state index contributed by atoms with van der Waals surface area (Å²) in [6.45, 7) is 2.32. The first-order valence-corrected chi connectivity index (χ1v) is 9.23. The lowest BCUT2D eigenvalue weighted by Crippen LogP contribution is -2.21. The van der Waals surface area contributed by atoms with E-state index >= 15 is 0 Å². The third-order valence-corrected chi connectivity index (χ3v) is 4.31. The summed E-state index contributed by atoms with van der Waals surface area (Å²) in [7, 11) is 1.56. The van der Waals surface area contributed by atoms with E-state index in [0.29, 0.717) is 18.0 Å². The van der Waals surface area contributed by atoms with Gasteiger partial charge in [-0.15, -0.1) is 0 Å². The summed E-state index contributed by atoms with van der Waals surface area (Å²) in [6, 6.07) is 19.9. The first-order chi connectivity index (χ1) is 14.0. The van der Waals surface area contributed by atoms with Crippen LogP contribution in [-0.4, -0.2) is 24.7 Å². The first kappa shape index (κ1) is 20.1. The molecular formula is C23H24N2O4. The number of phenolic OH excluding ortho intramolecular Hbond substituents is 1. The number of rotatable bonds is 8. The number of anilines is 2. The monoisotopic (exact) mass is 392 g/mol. The van der Waals surface area contributed by atoms with Gasteiger partial charge in [0.25, 0.3) is 5.91 Å². The highest BCUT2D eigenvalue weighted by Gasteiger charge is 2.13. The molecule has 0 aliphatic carbocycles. The molecule has 3 aromatic carbocycles. The molecule has 0 heterocycles. The third kappa shape index (κ3) is 5.65. The van der Waals surface area contributed by atoms with Crippen molar-refractivity contribution in [2.75, 3.05) is 24.4 Å². The number of carbonyl (C=O) groups excluding carboxylic acids is 1. The molecule has 6 heteroatoms. The molecule has 0 radical (unpaired) electrons. The number of phenols is 1. The molecule has 0 bridgehead atoms. The molecular weight excluding hydrogens is 368 g/mol. The van der Waals surface area contributed by atoms with E-state index < -0.39 is 0 Å². The molecule has 3 N–H and O–H groups in total. The normalized spacial score (nSPS) is 10.3. The SMILES string of the molecule is COc1cccc(CNc2ccc(O)cc2)c1OCC(=O)Nc1ccc(C)cc1. The molecule has 0 aliphatic rings. The fourth-order valence-corrected chi connectivity index (χ4v) is 2.77. The topological polar surface area (TPSA) is 79.8 Å². The second kappa shape index (κ2) is 9.50. The molecule has 0 aromatic heterocycles. The van der Waals surface area contributed by atoms with E-state index in [4.69, 9.17) is 9.47 Å². The lowest BCUT2D eigenvalue weighted by Gasteiger charge is -2.16. The minimum Gasteiger partial charge on any atom is -0.508 e. The molecule has 3 aromatic rings. The predicted molar refractivity (Wildman–Crippen MR) is 114 cm³/mol. The van der Waals surface area contributed by atoms with Gasteiger partial charge in [0.2, 0.25) is 0 Å². The van der Waals surface area contributed by atoms with Crippen LogP contribution in [0.25, 0.3) is 0 Å². The molecule has 3 rings (SSSR count). The second-order valence-electron chi connectivity index (χ2n) is 6.55. The summed E-state index contributed by atoms with van der Waals surface area (Å²) < 4.78 is 11.2. The van der Waals surface area contributed by atoms with Crippen LogP contribution in [0.4, 0.5) is 11.4 Å². The summed E-state index contributed by atoms with van der Waals surface area (Å²) in [5.74, 6) is 1.02. The van der Waals surface area contributed by atoms with Crippen LogP contribution in [0.2, 0.25) is 0 Å². The Bertz CT molecular complexity index is 954. The van der Waals surface area contributed by atoms with Crippen molar-refractivity contribution in [2.24, 2.45) is 0 Å². The lowest BCUT2D eigenvalue weighted by molar-refractivity contribution is -0.118. The van der Waals surface area contributed by atoms with Gasteiger partial charge in [0.1, 0.15) is 5.75 Å². The van der Waals surface area contributed by atoms with Crippen molar-refractivity contribution in [3.63, 3.8) is 0 Å². The number of methoxy groups -OCH3 is 1. The van der Waals surface area contributed by atoms with Crippen LogP contribution in [0, 0.1) is 6.92 Å². The zero-order valence-electron chi connectivity index (χ0n) is 16.4. The summed E-state index contributed by atoms with van der Waals surface area (Å²) in [5.41, 5.74) is 3.55. The second-order valence-corrected chi connectivity index (χ2v) is 6.55. The summed E-state index contributed by atoms with van der Waals surface area (Å²) in [4.78, 5) is 12.3. The number of aromatic hydroxyl groups is 1. The summed E-state index contributed by atoms with van der Waals surface area (Å²) in [5, 5.41) is 15.5. The van der Waals surface area contributed by atoms with Crippen molar-refractivity contribution in [3.8, 4) is 17.2 Å². The molecule has 0 fully saturated rings. The minimum absolute atomic E-state index is 0.138. The number of para-hydroxylation sites is 1. The average Bonchev–Trinajstić information content (AvgIpc) is 2.73. The van der Waals surface area contributed by atoms with Gasteiger partial charge in [-0.2, -0.15) is 0 Å². The maximum absolute atomic E-state index is 12.3. The van der Waals surface area contributed by atoms with Crippen molar-refractivity contribution in [3.05, 3.63) is 77.9 Å². The van der Waals surface area contributed by atoms with E-state index in [1.54, 1.807) is 37.4 Å². The number of hydrogen-bond donors (Lipinski definition) is 3. The highest BCUT2D eigenvalue weighted by molar-refractivity contribution is 5.91. The molecule has 150 valence electrons. The number of hydrogen-bond acceptors (Lipinski definition) is 5. The Morgan fingerprint density at radius 3 is 2.34 bits per heavy atom. The molecule has 0 spiro atoms. The Kier molecular flexibility index (Phi) is 6.58. The number of amides is 1. The quantitative estimate of drug-likeness (QED) is 0.497. The predicted octanol–water partition coefficient (Wildman–Crippen LogP) is 4.34. The van der Waals surface area contributed by atoms with E-state index in [1.165, 1.54) is 0 Å².